The smallest absolute Gasteiger partial charge is 0.269 e. The topological polar surface area (TPSA) is 118 Å². The predicted molar refractivity (Wildman–Crippen MR) is 101 cm³/mol. The van der Waals surface area contributed by atoms with Crippen LogP contribution in [0.1, 0.15) is 21.5 Å². The first-order valence-corrected chi connectivity index (χ1v) is 7.95. The largest absolute Gasteiger partial charge is 0.393 e. The number of nitrogen functional groups attached to an aromatic ring is 1. The monoisotopic (exact) mass is 349 g/mol. The maximum absolute atomic E-state index is 12.1. The lowest BCUT2D eigenvalue weighted by atomic mass is 10.1. The zero-order valence-electron chi connectivity index (χ0n) is 14.4. The van der Waals surface area contributed by atoms with E-state index in [4.69, 9.17) is 5.73 Å². The Morgan fingerprint density at radius 1 is 1.00 bits per heavy atom. The summed E-state index contributed by atoms with van der Waals surface area (Å²) in [6.45, 7) is 4.03. The van der Waals surface area contributed by atoms with Crippen molar-refractivity contribution in [3.8, 4) is 0 Å². The number of aryl methyl sites for hydroxylation is 2. The van der Waals surface area contributed by atoms with E-state index < -0.39 is 0 Å². The number of hydrogen-bond donors (Lipinski definition) is 4. The molecule has 0 aliphatic rings. The van der Waals surface area contributed by atoms with Crippen LogP contribution in [0.2, 0.25) is 0 Å². The first kappa shape index (κ1) is 17.2. The molecule has 0 unspecified atom stereocenters. The third-order valence-corrected chi connectivity index (χ3v) is 3.61. The molecule has 5 N–H and O–H groups in total. The number of carbonyl (C=O) groups excluding carboxylic acids is 1. The van der Waals surface area contributed by atoms with Gasteiger partial charge in [0.05, 0.1) is 0 Å². The molecule has 2 heterocycles. The van der Waals surface area contributed by atoms with Crippen molar-refractivity contribution in [3.63, 3.8) is 0 Å². The number of rotatable bonds is 5. The summed E-state index contributed by atoms with van der Waals surface area (Å²) in [5.74, 6) is 0.425. The second-order valence-corrected chi connectivity index (χ2v) is 5.80. The highest BCUT2D eigenvalue weighted by Gasteiger charge is 2.10. The quantitative estimate of drug-likeness (QED) is 0.523. The van der Waals surface area contributed by atoms with E-state index in [1.54, 1.807) is 24.5 Å². The van der Waals surface area contributed by atoms with E-state index in [2.05, 4.69) is 37.2 Å². The zero-order valence-corrected chi connectivity index (χ0v) is 14.4. The van der Waals surface area contributed by atoms with Gasteiger partial charge in [-0.3, -0.25) is 20.6 Å². The first-order chi connectivity index (χ1) is 12.5. The fourth-order valence-corrected chi connectivity index (χ4v) is 2.47. The van der Waals surface area contributed by atoms with Crippen LogP contribution in [0.15, 0.2) is 49.1 Å². The predicted octanol–water partition coefficient (Wildman–Crippen LogP) is 2.57. The molecule has 0 radical (unpaired) electrons. The number of amides is 1. The Balaban J connectivity index is 1.73. The molecule has 3 rings (SSSR count). The van der Waals surface area contributed by atoms with Gasteiger partial charge < -0.3 is 11.1 Å². The van der Waals surface area contributed by atoms with Crippen LogP contribution in [0.3, 0.4) is 0 Å². The summed E-state index contributed by atoms with van der Waals surface area (Å²) >= 11 is 0. The average molecular weight is 349 g/mol. The number of hydrogen-bond acceptors (Lipinski definition) is 7. The second-order valence-electron chi connectivity index (χ2n) is 5.80. The highest BCUT2D eigenvalue weighted by atomic mass is 16.2. The first-order valence-electron chi connectivity index (χ1n) is 7.95. The van der Waals surface area contributed by atoms with E-state index in [1.165, 1.54) is 6.33 Å². The third-order valence-electron chi connectivity index (χ3n) is 3.61. The van der Waals surface area contributed by atoms with E-state index in [9.17, 15) is 4.79 Å². The number of aromatic nitrogens is 3. The third kappa shape index (κ3) is 4.04. The molecule has 132 valence electrons. The van der Waals surface area contributed by atoms with E-state index in [1.807, 2.05) is 26.0 Å². The number of carbonyl (C=O) groups is 1. The lowest BCUT2D eigenvalue weighted by Gasteiger charge is -2.14. The van der Waals surface area contributed by atoms with Gasteiger partial charge in [-0.2, -0.15) is 0 Å². The van der Waals surface area contributed by atoms with Gasteiger partial charge in [0, 0.05) is 23.6 Å². The van der Waals surface area contributed by atoms with E-state index in [-0.39, 0.29) is 5.91 Å². The molecule has 0 saturated carbocycles. The summed E-state index contributed by atoms with van der Waals surface area (Å²) in [5, 5.41) is 3.18. The van der Waals surface area contributed by atoms with Gasteiger partial charge in [0.2, 0.25) is 0 Å². The van der Waals surface area contributed by atoms with Gasteiger partial charge in [0.1, 0.15) is 12.0 Å². The van der Waals surface area contributed by atoms with Crippen molar-refractivity contribution < 1.29 is 4.79 Å². The second kappa shape index (κ2) is 7.47. The molecule has 1 amide bonds. The molecule has 0 aliphatic heterocycles. The van der Waals surface area contributed by atoms with Crippen LogP contribution in [-0.2, 0) is 0 Å². The van der Waals surface area contributed by atoms with Crippen molar-refractivity contribution in [2.24, 2.45) is 0 Å². The van der Waals surface area contributed by atoms with E-state index in [0.717, 1.165) is 16.8 Å². The average Bonchev–Trinajstić information content (AvgIpc) is 2.62. The Morgan fingerprint density at radius 3 is 2.35 bits per heavy atom. The maximum atomic E-state index is 12.1. The fraction of sp³-hybridized carbons (Fsp3) is 0.111. The molecule has 0 bridgehead atoms. The highest BCUT2D eigenvalue weighted by Crippen LogP contribution is 2.26. The van der Waals surface area contributed by atoms with E-state index in [0.29, 0.717) is 22.9 Å². The summed E-state index contributed by atoms with van der Waals surface area (Å²) < 4.78 is 0. The molecule has 26 heavy (non-hydrogen) atoms. The number of nitrogens with two attached hydrogens (primary N) is 1. The zero-order chi connectivity index (χ0) is 18.5. The summed E-state index contributed by atoms with van der Waals surface area (Å²) in [6, 6.07) is 9.27. The molecule has 0 spiro atoms. The van der Waals surface area contributed by atoms with Crippen molar-refractivity contribution in [2.45, 2.75) is 13.8 Å². The molecular weight excluding hydrogens is 330 g/mol. The lowest BCUT2D eigenvalue weighted by molar-refractivity contribution is 0.0962. The number of hydrazine groups is 1. The number of pyridine rings is 1. The summed E-state index contributed by atoms with van der Waals surface area (Å²) in [6.07, 6.45) is 4.45. The minimum absolute atomic E-state index is 0.293. The van der Waals surface area contributed by atoms with Gasteiger partial charge in [0.15, 0.2) is 11.6 Å². The maximum Gasteiger partial charge on any atom is 0.269 e. The molecule has 0 atom stereocenters. The van der Waals surface area contributed by atoms with Gasteiger partial charge in [0.25, 0.3) is 5.91 Å². The van der Waals surface area contributed by atoms with Crippen molar-refractivity contribution in [3.05, 3.63) is 65.7 Å². The standard InChI is InChI=1S/C18H19N7O/c1-11-7-12(2)9-14(8-11)23-16-15(19)17(22-10-21-16)24-25-18(26)13-3-5-20-6-4-13/h3-10H,19H2,1-2H3,(H,25,26)(H2,21,22,23,24). The SMILES string of the molecule is Cc1cc(C)cc(Nc2ncnc(NNC(=O)c3ccncc3)c2N)c1. The molecule has 0 aliphatic carbocycles. The minimum Gasteiger partial charge on any atom is -0.393 e. The van der Waals surface area contributed by atoms with Gasteiger partial charge in [-0.15, -0.1) is 0 Å². The Morgan fingerprint density at radius 2 is 1.65 bits per heavy atom. The van der Waals surface area contributed by atoms with Crippen molar-refractivity contribution >= 4 is 28.9 Å². The minimum atomic E-state index is -0.325. The Labute approximate surface area is 150 Å². The van der Waals surface area contributed by atoms with Crippen LogP contribution in [-0.4, -0.2) is 20.9 Å². The summed E-state index contributed by atoms with van der Waals surface area (Å²) in [5.41, 5.74) is 15.3. The normalized spacial score (nSPS) is 10.2. The molecule has 0 fully saturated rings. The molecule has 8 nitrogen and oxygen atoms in total. The fourth-order valence-electron chi connectivity index (χ4n) is 2.47. The molecule has 3 aromatic rings. The summed E-state index contributed by atoms with van der Waals surface area (Å²) in [7, 11) is 0. The number of anilines is 4. The van der Waals surface area contributed by atoms with Gasteiger partial charge in [-0.1, -0.05) is 6.07 Å². The van der Waals surface area contributed by atoms with Crippen molar-refractivity contribution in [1.29, 1.82) is 0 Å². The van der Waals surface area contributed by atoms with Gasteiger partial charge in [-0.05, 0) is 49.2 Å². The Bertz CT molecular complexity index is 908. The molecular formula is C18H19N7O. The van der Waals surface area contributed by atoms with Crippen LogP contribution in [0.5, 0.6) is 0 Å². The lowest BCUT2D eigenvalue weighted by Crippen LogP contribution is -2.30. The van der Waals surface area contributed by atoms with Gasteiger partial charge in [-0.25, -0.2) is 9.97 Å². The van der Waals surface area contributed by atoms with Crippen LogP contribution < -0.4 is 21.9 Å². The van der Waals surface area contributed by atoms with Crippen LogP contribution in [0.25, 0.3) is 0 Å². The van der Waals surface area contributed by atoms with Crippen LogP contribution >= 0.6 is 0 Å². The number of nitrogens with zero attached hydrogens (tertiary/aromatic N) is 3. The molecule has 1 aromatic carbocycles. The van der Waals surface area contributed by atoms with Crippen LogP contribution in [0.4, 0.5) is 23.0 Å². The summed E-state index contributed by atoms with van der Waals surface area (Å²) in [4.78, 5) is 24.2. The number of benzene rings is 1. The highest BCUT2D eigenvalue weighted by molar-refractivity contribution is 5.95. The van der Waals surface area contributed by atoms with Crippen LogP contribution in [0, 0.1) is 13.8 Å². The van der Waals surface area contributed by atoms with Gasteiger partial charge >= 0.3 is 0 Å². The molecule has 0 saturated heterocycles. The Kier molecular flexibility index (Phi) is 4.93. The number of nitrogens with one attached hydrogen (secondary N) is 3. The Hall–Kier alpha value is -3.68. The van der Waals surface area contributed by atoms with Crippen molar-refractivity contribution in [1.82, 2.24) is 20.4 Å². The molecule has 2 aromatic heterocycles. The van der Waals surface area contributed by atoms with E-state index >= 15 is 0 Å². The molecule has 8 heteroatoms. The van der Waals surface area contributed by atoms with Crippen molar-refractivity contribution in [2.75, 3.05) is 16.5 Å².